The van der Waals surface area contributed by atoms with Gasteiger partial charge in [0, 0.05) is 25.9 Å². The number of aryl methyl sites for hydroxylation is 3. The van der Waals surface area contributed by atoms with Crippen molar-refractivity contribution in [2.45, 2.75) is 33.4 Å². The van der Waals surface area contributed by atoms with Crippen LogP contribution in [0.5, 0.6) is 0 Å². The summed E-state index contributed by atoms with van der Waals surface area (Å²) in [4.78, 5) is 12.3. The van der Waals surface area contributed by atoms with E-state index in [2.05, 4.69) is 15.6 Å². The van der Waals surface area contributed by atoms with E-state index in [4.69, 9.17) is 9.26 Å². The van der Waals surface area contributed by atoms with Gasteiger partial charge in [0.1, 0.15) is 5.76 Å². The fraction of sp³-hybridized carbons (Fsp3) is 0.500. The molecule has 0 radical (unpaired) electrons. The second kappa shape index (κ2) is 6.09. The Bertz CT molecular complexity index is 645. The van der Waals surface area contributed by atoms with Crippen LogP contribution < -0.4 is 5.32 Å². The molecule has 0 aliphatic carbocycles. The molecule has 0 spiro atoms. The molecule has 2 heterocycles. The first-order chi connectivity index (χ1) is 9.93. The number of amides is 1. The topological polar surface area (TPSA) is 82.2 Å². The fourth-order valence-electron chi connectivity index (χ4n) is 2.27. The summed E-state index contributed by atoms with van der Waals surface area (Å²) < 4.78 is 11.9. The Hall–Kier alpha value is -2.15. The van der Waals surface area contributed by atoms with Crippen molar-refractivity contribution in [1.82, 2.24) is 20.3 Å². The standard InChI is InChI=1S/C14H20N4O3/c1-8(11-6-18(4)16-9(11)2)15-14(19)13-12(7-20-5)10(3)21-17-13/h6,8H,7H2,1-5H3,(H,15,19)/t8-/m1/s1. The third-order valence-corrected chi connectivity index (χ3v) is 3.35. The summed E-state index contributed by atoms with van der Waals surface area (Å²) in [6.45, 7) is 5.87. The predicted octanol–water partition coefficient (Wildman–Crippen LogP) is 1.66. The molecule has 0 saturated carbocycles. The van der Waals surface area contributed by atoms with Crippen molar-refractivity contribution in [2.75, 3.05) is 7.11 Å². The van der Waals surface area contributed by atoms with Gasteiger partial charge in [0.2, 0.25) is 0 Å². The monoisotopic (exact) mass is 292 g/mol. The van der Waals surface area contributed by atoms with Gasteiger partial charge in [0.05, 0.1) is 23.9 Å². The Labute approximate surface area is 123 Å². The van der Waals surface area contributed by atoms with E-state index in [9.17, 15) is 4.79 Å². The molecule has 2 aromatic heterocycles. The van der Waals surface area contributed by atoms with E-state index in [1.54, 1.807) is 18.7 Å². The Morgan fingerprint density at radius 1 is 1.52 bits per heavy atom. The van der Waals surface area contributed by atoms with E-state index >= 15 is 0 Å². The van der Waals surface area contributed by atoms with Gasteiger partial charge in [0.25, 0.3) is 5.91 Å². The van der Waals surface area contributed by atoms with E-state index in [1.807, 2.05) is 27.1 Å². The van der Waals surface area contributed by atoms with Crippen molar-refractivity contribution in [3.05, 3.63) is 34.5 Å². The molecular weight excluding hydrogens is 272 g/mol. The fourth-order valence-corrected chi connectivity index (χ4v) is 2.27. The first-order valence-electron chi connectivity index (χ1n) is 6.69. The maximum Gasteiger partial charge on any atom is 0.274 e. The van der Waals surface area contributed by atoms with Crippen molar-refractivity contribution >= 4 is 5.91 Å². The quantitative estimate of drug-likeness (QED) is 0.906. The summed E-state index contributed by atoms with van der Waals surface area (Å²) in [7, 11) is 3.42. The molecule has 1 amide bonds. The van der Waals surface area contributed by atoms with Gasteiger partial charge in [-0.3, -0.25) is 9.48 Å². The first-order valence-corrected chi connectivity index (χ1v) is 6.69. The lowest BCUT2D eigenvalue weighted by Crippen LogP contribution is -2.28. The molecule has 1 N–H and O–H groups in total. The summed E-state index contributed by atoms with van der Waals surface area (Å²) in [5, 5.41) is 11.0. The van der Waals surface area contributed by atoms with Crippen LogP contribution in [0.1, 0.15) is 46.0 Å². The number of nitrogens with one attached hydrogen (secondary N) is 1. The van der Waals surface area contributed by atoms with Crippen LogP contribution in [-0.2, 0) is 18.4 Å². The van der Waals surface area contributed by atoms with Gasteiger partial charge in [-0.2, -0.15) is 5.10 Å². The normalized spacial score (nSPS) is 12.4. The summed E-state index contributed by atoms with van der Waals surface area (Å²) in [6.07, 6.45) is 1.89. The molecule has 0 unspecified atom stereocenters. The number of carbonyl (C=O) groups excluding carboxylic acids is 1. The summed E-state index contributed by atoms with van der Waals surface area (Å²) in [5.74, 6) is 0.307. The van der Waals surface area contributed by atoms with Crippen molar-refractivity contribution in [2.24, 2.45) is 7.05 Å². The molecular formula is C14H20N4O3. The smallest absolute Gasteiger partial charge is 0.274 e. The number of aromatic nitrogens is 3. The Balaban J connectivity index is 2.16. The minimum absolute atomic E-state index is 0.168. The number of rotatable bonds is 5. The molecule has 7 nitrogen and oxygen atoms in total. The van der Waals surface area contributed by atoms with E-state index in [-0.39, 0.29) is 17.6 Å². The maximum atomic E-state index is 12.3. The van der Waals surface area contributed by atoms with E-state index in [1.165, 1.54) is 0 Å². The van der Waals surface area contributed by atoms with Crippen LogP contribution in [0.15, 0.2) is 10.7 Å². The molecule has 0 aliphatic rings. The summed E-state index contributed by atoms with van der Waals surface area (Å²) in [6, 6.07) is -0.168. The molecule has 0 bridgehead atoms. The van der Waals surface area contributed by atoms with Crippen LogP contribution in [0.4, 0.5) is 0 Å². The first kappa shape index (κ1) is 15.2. The second-order valence-corrected chi connectivity index (χ2v) is 5.04. The van der Waals surface area contributed by atoms with Crippen molar-refractivity contribution in [3.8, 4) is 0 Å². The number of hydrogen-bond acceptors (Lipinski definition) is 5. The number of nitrogens with zero attached hydrogens (tertiary/aromatic N) is 3. The zero-order valence-corrected chi connectivity index (χ0v) is 12.9. The number of ether oxygens (including phenoxy) is 1. The number of carbonyl (C=O) groups is 1. The van der Waals surface area contributed by atoms with Crippen LogP contribution in [-0.4, -0.2) is 28.0 Å². The molecule has 0 fully saturated rings. The van der Waals surface area contributed by atoms with Crippen LogP contribution in [0.3, 0.4) is 0 Å². The Morgan fingerprint density at radius 3 is 2.81 bits per heavy atom. The van der Waals surface area contributed by atoms with Crippen LogP contribution in [0.2, 0.25) is 0 Å². The van der Waals surface area contributed by atoms with E-state index in [0.717, 1.165) is 11.3 Å². The lowest BCUT2D eigenvalue weighted by atomic mass is 10.1. The molecule has 0 aromatic carbocycles. The minimum atomic E-state index is -0.283. The maximum absolute atomic E-state index is 12.3. The molecule has 2 aromatic rings. The highest BCUT2D eigenvalue weighted by Crippen LogP contribution is 2.18. The van der Waals surface area contributed by atoms with Gasteiger partial charge in [-0.05, 0) is 20.8 Å². The van der Waals surface area contributed by atoms with Crippen LogP contribution in [0, 0.1) is 13.8 Å². The van der Waals surface area contributed by atoms with Crippen LogP contribution >= 0.6 is 0 Å². The van der Waals surface area contributed by atoms with Crippen molar-refractivity contribution in [1.29, 1.82) is 0 Å². The molecule has 114 valence electrons. The highest BCUT2D eigenvalue weighted by Gasteiger charge is 2.22. The average Bonchev–Trinajstić information content (AvgIpc) is 2.94. The average molecular weight is 292 g/mol. The molecule has 0 aliphatic heterocycles. The second-order valence-electron chi connectivity index (χ2n) is 5.04. The zero-order valence-electron chi connectivity index (χ0n) is 12.9. The predicted molar refractivity (Wildman–Crippen MR) is 75.8 cm³/mol. The third-order valence-electron chi connectivity index (χ3n) is 3.35. The van der Waals surface area contributed by atoms with Crippen molar-refractivity contribution in [3.63, 3.8) is 0 Å². The summed E-state index contributed by atoms with van der Waals surface area (Å²) in [5.41, 5.74) is 2.80. The highest BCUT2D eigenvalue weighted by molar-refractivity contribution is 5.94. The largest absolute Gasteiger partial charge is 0.380 e. The lowest BCUT2D eigenvalue weighted by Gasteiger charge is -2.12. The van der Waals surface area contributed by atoms with Gasteiger partial charge in [0.15, 0.2) is 5.69 Å². The van der Waals surface area contributed by atoms with Gasteiger partial charge in [-0.1, -0.05) is 5.16 Å². The Kier molecular flexibility index (Phi) is 4.42. The summed E-state index contributed by atoms with van der Waals surface area (Å²) >= 11 is 0. The molecule has 2 rings (SSSR count). The number of hydrogen-bond donors (Lipinski definition) is 1. The van der Waals surface area contributed by atoms with Gasteiger partial charge in [-0.25, -0.2) is 0 Å². The van der Waals surface area contributed by atoms with Crippen LogP contribution in [0.25, 0.3) is 0 Å². The van der Waals surface area contributed by atoms with Crippen molar-refractivity contribution < 1.29 is 14.1 Å². The molecule has 21 heavy (non-hydrogen) atoms. The minimum Gasteiger partial charge on any atom is -0.380 e. The molecule has 1 atom stereocenters. The van der Waals surface area contributed by atoms with E-state index in [0.29, 0.717) is 17.9 Å². The van der Waals surface area contributed by atoms with E-state index < -0.39 is 0 Å². The lowest BCUT2D eigenvalue weighted by molar-refractivity contribution is 0.0926. The highest BCUT2D eigenvalue weighted by atomic mass is 16.5. The van der Waals surface area contributed by atoms with Gasteiger partial charge < -0.3 is 14.6 Å². The van der Waals surface area contributed by atoms with Gasteiger partial charge >= 0.3 is 0 Å². The third kappa shape index (κ3) is 3.13. The molecule has 7 heteroatoms. The molecule has 0 saturated heterocycles. The zero-order chi connectivity index (χ0) is 15.6. The number of methoxy groups -OCH3 is 1. The SMILES string of the molecule is COCc1c(C(=O)N[C@H](C)c2cn(C)nc2C)noc1C. The Morgan fingerprint density at radius 2 is 2.24 bits per heavy atom. The van der Waals surface area contributed by atoms with Gasteiger partial charge in [-0.15, -0.1) is 0 Å².